The van der Waals surface area contributed by atoms with Crippen LogP contribution in [0, 0.1) is 18.3 Å². The number of nitrogens with zero attached hydrogens (tertiary/aromatic N) is 2. The summed E-state index contributed by atoms with van der Waals surface area (Å²) in [5.74, 6) is -2.30. The van der Waals surface area contributed by atoms with Crippen LogP contribution in [0.15, 0.2) is 29.7 Å². The number of aryl methyl sites for hydroxylation is 1. The lowest BCUT2D eigenvalue weighted by atomic mass is 10.1. The van der Waals surface area contributed by atoms with E-state index in [2.05, 4.69) is 4.98 Å². The van der Waals surface area contributed by atoms with Gasteiger partial charge >= 0.3 is 5.97 Å². The van der Waals surface area contributed by atoms with Gasteiger partial charge in [0, 0.05) is 17.2 Å². The fourth-order valence-corrected chi connectivity index (χ4v) is 3.08. The molecule has 0 aliphatic heterocycles. The summed E-state index contributed by atoms with van der Waals surface area (Å²) in [6.45, 7) is 1.26. The Kier molecular flexibility index (Phi) is 6.71. The van der Waals surface area contributed by atoms with Gasteiger partial charge in [0.05, 0.1) is 16.1 Å². The van der Waals surface area contributed by atoms with Gasteiger partial charge in [-0.05, 0) is 24.6 Å². The molecular weight excluding hydrogens is 383 g/mol. The van der Waals surface area contributed by atoms with Crippen LogP contribution in [0.3, 0.4) is 0 Å². The van der Waals surface area contributed by atoms with Crippen molar-refractivity contribution < 1.29 is 14.3 Å². The van der Waals surface area contributed by atoms with E-state index in [0.29, 0.717) is 20.6 Å². The van der Waals surface area contributed by atoms with Gasteiger partial charge < -0.3 is 4.74 Å². The third-order valence-electron chi connectivity index (χ3n) is 3.07. The van der Waals surface area contributed by atoms with E-state index in [0.717, 1.165) is 11.8 Å². The maximum absolute atomic E-state index is 12.1. The molecule has 0 aliphatic rings. The molecule has 0 saturated carbocycles. The first-order valence-electron chi connectivity index (χ1n) is 7.05. The highest BCUT2D eigenvalue weighted by atomic mass is 35.5. The summed E-state index contributed by atoms with van der Waals surface area (Å²) >= 11 is 13.1. The van der Waals surface area contributed by atoms with Crippen LogP contribution in [0.5, 0.6) is 0 Å². The van der Waals surface area contributed by atoms with E-state index in [9.17, 15) is 9.59 Å². The standard InChI is InChI=1S/C17H12Cl2N2O3S/c1-10-9-25-17(21-10)12(7-20)14(22)8-24-15(23)6-5-11-3-2-4-13(18)16(11)19/h2-6,9,12H,8H2,1H3. The summed E-state index contributed by atoms with van der Waals surface area (Å²) in [5.41, 5.74) is 1.27. The van der Waals surface area contributed by atoms with E-state index in [1.165, 1.54) is 17.4 Å². The number of hydrogen-bond donors (Lipinski definition) is 0. The second-order valence-electron chi connectivity index (χ2n) is 4.94. The zero-order valence-corrected chi connectivity index (χ0v) is 15.4. The van der Waals surface area contributed by atoms with Crippen LogP contribution in [0.25, 0.3) is 6.08 Å². The molecule has 2 aromatic rings. The molecule has 0 bridgehead atoms. The zero-order valence-electron chi connectivity index (χ0n) is 13.0. The number of ether oxygens (including phenoxy) is 1. The van der Waals surface area contributed by atoms with E-state index in [1.54, 1.807) is 30.5 Å². The molecule has 0 N–H and O–H groups in total. The molecule has 1 aromatic heterocycles. The van der Waals surface area contributed by atoms with E-state index < -0.39 is 24.3 Å². The lowest BCUT2D eigenvalue weighted by Gasteiger charge is -2.05. The van der Waals surface area contributed by atoms with Gasteiger partial charge in [-0.3, -0.25) is 4.79 Å². The maximum atomic E-state index is 12.1. The second kappa shape index (κ2) is 8.77. The first-order valence-corrected chi connectivity index (χ1v) is 8.69. The topological polar surface area (TPSA) is 80.0 Å². The Hall–Kier alpha value is -2.20. The molecule has 2 rings (SSSR count). The Balaban J connectivity index is 1.95. The number of esters is 1. The Labute approximate surface area is 158 Å². The molecule has 5 nitrogen and oxygen atoms in total. The van der Waals surface area contributed by atoms with Crippen LogP contribution < -0.4 is 0 Å². The largest absolute Gasteiger partial charge is 0.454 e. The van der Waals surface area contributed by atoms with Gasteiger partial charge in [-0.15, -0.1) is 11.3 Å². The first-order chi connectivity index (χ1) is 11.9. The minimum absolute atomic E-state index is 0.313. The molecule has 0 spiro atoms. The zero-order chi connectivity index (χ0) is 18.4. The Bertz CT molecular complexity index is 871. The van der Waals surface area contributed by atoms with Gasteiger partial charge in [-0.1, -0.05) is 35.3 Å². The number of ketones is 1. The SMILES string of the molecule is Cc1csc(C(C#N)C(=O)COC(=O)C=Cc2cccc(Cl)c2Cl)n1. The third kappa shape index (κ3) is 5.13. The number of carbonyl (C=O) groups excluding carboxylic acids is 2. The minimum atomic E-state index is -1.04. The fraction of sp³-hybridized carbons (Fsp3) is 0.176. The van der Waals surface area contributed by atoms with Crippen LogP contribution in [-0.4, -0.2) is 23.3 Å². The predicted octanol–water partition coefficient (Wildman–Crippen LogP) is 4.19. The highest BCUT2D eigenvalue weighted by Gasteiger charge is 2.24. The highest BCUT2D eigenvalue weighted by Crippen LogP contribution is 2.26. The monoisotopic (exact) mass is 394 g/mol. The normalized spacial score (nSPS) is 11.9. The van der Waals surface area contributed by atoms with Crippen molar-refractivity contribution in [2.24, 2.45) is 0 Å². The van der Waals surface area contributed by atoms with Crippen molar-refractivity contribution >= 4 is 52.4 Å². The van der Waals surface area contributed by atoms with Crippen molar-refractivity contribution in [2.75, 3.05) is 6.61 Å². The molecule has 25 heavy (non-hydrogen) atoms. The number of carbonyl (C=O) groups is 2. The van der Waals surface area contributed by atoms with Crippen LogP contribution in [0.4, 0.5) is 0 Å². The Morgan fingerprint density at radius 3 is 2.84 bits per heavy atom. The third-order valence-corrected chi connectivity index (χ3v) is 4.93. The van der Waals surface area contributed by atoms with E-state index >= 15 is 0 Å². The molecule has 1 atom stereocenters. The van der Waals surface area contributed by atoms with Gasteiger partial charge in [0.1, 0.15) is 5.01 Å². The summed E-state index contributed by atoms with van der Waals surface area (Å²) in [6, 6.07) is 6.88. The molecule has 0 saturated heterocycles. The molecule has 0 fully saturated rings. The number of halogens is 2. The Morgan fingerprint density at radius 2 is 2.20 bits per heavy atom. The van der Waals surface area contributed by atoms with Crippen molar-refractivity contribution in [3.8, 4) is 6.07 Å². The number of aromatic nitrogens is 1. The van der Waals surface area contributed by atoms with E-state index in [1.807, 2.05) is 6.07 Å². The van der Waals surface area contributed by atoms with Gasteiger partial charge in [-0.2, -0.15) is 5.26 Å². The minimum Gasteiger partial charge on any atom is -0.454 e. The number of Topliss-reactive ketones (excluding diaryl/α,β-unsaturated/α-hetero) is 1. The van der Waals surface area contributed by atoms with Crippen LogP contribution in [-0.2, 0) is 14.3 Å². The molecule has 0 aliphatic carbocycles. The molecule has 1 unspecified atom stereocenters. The molecule has 0 radical (unpaired) electrons. The number of rotatable bonds is 6. The summed E-state index contributed by atoms with van der Waals surface area (Å²) in [6.07, 6.45) is 2.58. The molecule has 128 valence electrons. The quantitative estimate of drug-likeness (QED) is 0.541. The lowest BCUT2D eigenvalue weighted by molar-refractivity contribution is -0.143. The molecular formula is C17H12Cl2N2O3S. The molecule has 0 amide bonds. The van der Waals surface area contributed by atoms with Crippen molar-refractivity contribution in [1.29, 1.82) is 5.26 Å². The van der Waals surface area contributed by atoms with Gasteiger partial charge in [0.15, 0.2) is 18.3 Å². The number of nitriles is 1. The van der Waals surface area contributed by atoms with E-state index in [-0.39, 0.29) is 0 Å². The van der Waals surface area contributed by atoms with Gasteiger partial charge in [-0.25, -0.2) is 9.78 Å². The summed E-state index contributed by atoms with van der Waals surface area (Å²) < 4.78 is 4.88. The van der Waals surface area contributed by atoms with Crippen molar-refractivity contribution in [3.63, 3.8) is 0 Å². The maximum Gasteiger partial charge on any atom is 0.331 e. The first kappa shape index (κ1) is 19.1. The average molecular weight is 395 g/mol. The summed E-state index contributed by atoms with van der Waals surface area (Å²) in [5, 5.41) is 12.0. The summed E-state index contributed by atoms with van der Waals surface area (Å²) in [4.78, 5) is 27.9. The van der Waals surface area contributed by atoms with E-state index in [4.69, 9.17) is 33.2 Å². The van der Waals surface area contributed by atoms with Crippen LogP contribution >= 0.6 is 34.5 Å². The number of thiazole rings is 1. The predicted molar refractivity (Wildman–Crippen MR) is 96.7 cm³/mol. The average Bonchev–Trinajstić information content (AvgIpc) is 3.01. The molecule has 1 aromatic carbocycles. The molecule has 1 heterocycles. The smallest absolute Gasteiger partial charge is 0.331 e. The summed E-state index contributed by atoms with van der Waals surface area (Å²) in [7, 11) is 0. The number of hydrogen-bond acceptors (Lipinski definition) is 6. The van der Waals surface area contributed by atoms with Gasteiger partial charge in [0.2, 0.25) is 0 Å². The van der Waals surface area contributed by atoms with Crippen molar-refractivity contribution in [2.45, 2.75) is 12.8 Å². The molecule has 8 heteroatoms. The van der Waals surface area contributed by atoms with Crippen LogP contribution in [0.2, 0.25) is 10.0 Å². The number of benzene rings is 1. The fourth-order valence-electron chi connectivity index (χ4n) is 1.85. The second-order valence-corrected chi connectivity index (χ2v) is 6.61. The Morgan fingerprint density at radius 1 is 1.44 bits per heavy atom. The highest BCUT2D eigenvalue weighted by molar-refractivity contribution is 7.09. The van der Waals surface area contributed by atoms with Crippen molar-refractivity contribution in [3.05, 3.63) is 56.0 Å². The van der Waals surface area contributed by atoms with Crippen LogP contribution in [0.1, 0.15) is 22.2 Å². The van der Waals surface area contributed by atoms with Gasteiger partial charge in [0.25, 0.3) is 0 Å². The lowest BCUT2D eigenvalue weighted by Crippen LogP contribution is -2.19. The van der Waals surface area contributed by atoms with Crippen molar-refractivity contribution in [1.82, 2.24) is 4.98 Å².